The molecule has 0 aromatic heterocycles. The summed E-state index contributed by atoms with van der Waals surface area (Å²) in [4.78, 5) is 0. The number of hydrogen-bond acceptors (Lipinski definition) is 4. The molecule has 0 spiro atoms. The molecule has 0 heterocycles. The van der Waals surface area contributed by atoms with Crippen molar-refractivity contribution in [3.8, 4) is 5.75 Å². The fourth-order valence-corrected chi connectivity index (χ4v) is 2.02. The van der Waals surface area contributed by atoms with Gasteiger partial charge in [-0.3, -0.25) is 0 Å². The second-order valence-electron chi connectivity index (χ2n) is 4.57. The van der Waals surface area contributed by atoms with E-state index in [-0.39, 0.29) is 0 Å². The second-order valence-corrected chi connectivity index (χ2v) is 4.98. The highest BCUT2D eigenvalue weighted by Crippen LogP contribution is 2.32. The van der Waals surface area contributed by atoms with E-state index in [1.807, 2.05) is 13.0 Å². The molecule has 0 amide bonds. The van der Waals surface area contributed by atoms with Crippen molar-refractivity contribution >= 4 is 23.0 Å². The topological polar surface area (TPSA) is 56.5 Å². The molecule has 0 saturated carbocycles. The molecule has 1 aromatic rings. The van der Waals surface area contributed by atoms with Crippen LogP contribution in [0.3, 0.4) is 0 Å². The van der Waals surface area contributed by atoms with E-state index < -0.39 is 0 Å². The average Bonchev–Trinajstić information content (AvgIpc) is 2.42. The summed E-state index contributed by atoms with van der Waals surface area (Å²) in [6.07, 6.45) is 3.51. The molecule has 0 fully saturated rings. The van der Waals surface area contributed by atoms with Crippen LogP contribution in [-0.4, -0.2) is 26.4 Å². The van der Waals surface area contributed by atoms with E-state index in [0.29, 0.717) is 29.7 Å². The van der Waals surface area contributed by atoms with Gasteiger partial charge in [0.2, 0.25) is 0 Å². The number of nitrogens with one attached hydrogen (secondary N) is 1. The number of unbranched alkanes of at least 4 members (excludes halogenated alkanes) is 2. The Bertz CT molecular complexity index is 400. The lowest BCUT2D eigenvalue weighted by Crippen LogP contribution is -2.08. The van der Waals surface area contributed by atoms with Crippen molar-refractivity contribution in [3.63, 3.8) is 0 Å². The van der Waals surface area contributed by atoms with Gasteiger partial charge in [-0.1, -0.05) is 31.4 Å². The molecule has 0 aliphatic rings. The summed E-state index contributed by atoms with van der Waals surface area (Å²) in [7, 11) is 0. The summed E-state index contributed by atoms with van der Waals surface area (Å²) in [6, 6.07) is 3.54. The van der Waals surface area contributed by atoms with E-state index in [0.717, 1.165) is 25.3 Å². The summed E-state index contributed by atoms with van der Waals surface area (Å²) >= 11 is 6.11. The van der Waals surface area contributed by atoms with Gasteiger partial charge in [0.15, 0.2) is 0 Å². The minimum Gasteiger partial charge on any atom is -0.490 e. The molecule has 0 aliphatic carbocycles. The van der Waals surface area contributed by atoms with Gasteiger partial charge in [-0.05, 0) is 19.4 Å². The third-order valence-electron chi connectivity index (χ3n) is 2.85. The van der Waals surface area contributed by atoms with Gasteiger partial charge in [0.1, 0.15) is 12.4 Å². The van der Waals surface area contributed by atoms with Crippen molar-refractivity contribution in [2.45, 2.75) is 33.1 Å². The van der Waals surface area contributed by atoms with Crippen molar-refractivity contribution in [2.24, 2.45) is 0 Å². The minimum absolute atomic E-state index is 0.487. The Morgan fingerprint density at radius 3 is 2.65 bits per heavy atom. The number of anilines is 2. The van der Waals surface area contributed by atoms with E-state index >= 15 is 0 Å². The number of rotatable bonds is 10. The highest BCUT2D eigenvalue weighted by Gasteiger charge is 2.07. The van der Waals surface area contributed by atoms with Crippen LogP contribution in [0.5, 0.6) is 5.75 Å². The summed E-state index contributed by atoms with van der Waals surface area (Å²) in [5.74, 6) is 0.633. The molecule has 0 unspecified atom stereocenters. The highest BCUT2D eigenvalue weighted by atomic mass is 35.5. The van der Waals surface area contributed by atoms with Crippen LogP contribution in [0, 0.1) is 0 Å². The second kappa shape index (κ2) is 9.72. The standard InChI is InChI=1S/C15H25ClN2O2/c1-3-5-6-7-19-8-9-20-15-11-14(18-4-2)13(17)10-12(15)16/h10-11,18H,3-9,17H2,1-2H3. The van der Waals surface area contributed by atoms with Crippen molar-refractivity contribution < 1.29 is 9.47 Å². The molecule has 0 saturated heterocycles. The van der Waals surface area contributed by atoms with Crippen LogP contribution in [-0.2, 0) is 4.74 Å². The van der Waals surface area contributed by atoms with Crippen LogP contribution in [0.25, 0.3) is 0 Å². The molecule has 1 rings (SSSR count). The van der Waals surface area contributed by atoms with Crippen LogP contribution in [0.4, 0.5) is 11.4 Å². The Labute approximate surface area is 126 Å². The van der Waals surface area contributed by atoms with E-state index in [1.54, 1.807) is 6.07 Å². The Balaban J connectivity index is 2.37. The Morgan fingerprint density at radius 2 is 1.95 bits per heavy atom. The number of halogens is 1. The first-order chi connectivity index (χ1) is 9.69. The molecule has 0 atom stereocenters. The summed E-state index contributed by atoms with van der Waals surface area (Å²) < 4.78 is 11.1. The van der Waals surface area contributed by atoms with E-state index in [2.05, 4.69) is 12.2 Å². The number of nitrogen functional groups attached to an aromatic ring is 1. The predicted octanol–water partition coefficient (Wildman–Crippen LogP) is 3.94. The lowest BCUT2D eigenvalue weighted by molar-refractivity contribution is 0.0974. The zero-order valence-corrected chi connectivity index (χ0v) is 13.1. The van der Waals surface area contributed by atoms with Crippen molar-refractivity contribution in [2.75, 3.05) is 37.4 Å². The van der Waals surface area contributed by atoms with Crippen LogP contribution < -0.4 is 15.8 Å². The summed E-state index contributed by atoms with van der Waals surface area (Å²) in [5.41, 5.74) is 7.34. The lowest BCUT2D eigenvalue weighted by atomic mass is 10.2. The third kappa shape index (κ3) is 5.88. The van der Waals surface area contributed by atoms with Gasteiger partial charge in [-0.25, -0.2) is 0 Å². The Hall–Kier alpha value is -1.13. The Morgan fingerprint density at radius 1 is 1.15 bits per heavy atom. The van der Waals surface area contributed by atoms with Crippen molar-refractivity contribution in [1.82, 2.24) is 0 Å². The van der Waals surface area contributed by atoms with Gasteiger partial charge in [0.25, 0.3) is 0 Å². The smallest absolute Gasteiger partial charge is 0.140 e. The quantitative estimate of drug-likeness (QED) is 0.507. The Kier molecular flexibility index (Phi) is 8.23. The SMILES string of the molecule is CCCCCOCCOc1cc(NCC)c(N)cc1Cl. The molecule has 5 heteroatoms. The molecular weight excluding hydrogens is 276 g/mol. The molecule has 20 heavy (non-hydrogen) atoms. The molecule has 0 aliphatic heterocycles. The van der Waals surface area contributed by atoms with Crippen LogP contribution in [0.15, 0.2) is 12.1 Å². The van der Waals surface area contributed by atoms with Gasteiger partial charge in [-0.2, -0.15) is 0 Å². The number of ether oxygens (including phenoxy) is 2. The van der Waals surface area contributed by atoms with Gasteiger partial charge < -0.3 is 20.5 Å². The first kappa shape index (κ1) is 16.9. The molecule has 0 radical (unpaired) electrons. The number of hydrogen-bond donors (Lipinski definition) is 2. The van der Waals surface area contributed by atoms with Crippen LogP contribution in [0.1, 0.15) is 33.1 Å². The van der Waals surface area contributed by atoms with Crippen LogP contribution >= 0.6 is 11.6 Å². The predicted molar refractivity (Wildman–Crippen MR) is 85.9 cm³/mol. The zero-order chi connectivity index (χ0) is 14.8. The van der Waals surface area contributed by atoms with Crippen molar-refractivity contribution in [3.05, 3.63) is 17.2 Å². The van der Waals surface area contributed by atoms with Gasteiger partial charge in [-0.15, -0.1) is 0 Å². The van der Waals surface area contributed by atoms with Gasteiger partial charge in [0, 0.05) is 19.2 Å². The first-order valence-electron chi connectivity index (χ1n) is 7.22. The normalized spacial score (nSPS) is 10.6. The first-order valence-corrected chi connectivity index (χ1v) is 7.60. The molecule has 4 nitrogen and oxygen atoms in total. The summed E-state index contributed by atoms with van der Waals surface area (Å²) in [6.45, 7) is 6.83. The zero-order valence-electron chi connectivity index (χ0n) is 12.4. The van der Waals surface area contributed by atoms with Crippen molar-refractivity contribution in [1.29, 1.82) is 0 Å². The van der Waals surface area contributed by atoms with Crippen LogP contribution in [0.2, 0.25) is 5.02 Å². The summed E-state index contributed by atoms with van der Waals surface area (Å²) in [5, 5.41) is 3.70. The maximum Gasteiger partial charge on any atom is 0.140 e. The van der Waals surface area contributed by atoms with E-state index in [1.165, 1.54) is 12.8 Å². The number of benzene rings is 1. The molecule has 3 N–H and O–H groups in total. The van der Waals surface area contributed by atoms with E-state index in [4.69, 9.17) is 26.8 Å². The average molecular weight is 301 g/mol. The monoisotopic (exact) mass is 300 g/mol. The fourth-order valence-electron chi connectivity index (χ4n) is 1.79. The highest BCUT2D eigenvalue weighted by molar-refractivity contribution is 6.32. The van der Waals surface area contributed by atoms with E-state index in [9.17, 15) is 0 Å². The maximum atomic E-state index is 6.11. The third-order valence-corrected chi connectivity index (χ3v) is 3.14. The molecular formula is C15H25ClN2O2. The minimum atomic E-state index is 0.487. The fraction of sp³-hybridized carbons (Fsp3) is 0.600. The van der Waals surface area contributed by atoms with Gasteiger partial charge in [0.05, 0.1) is 23.0 Å². The largest absolute Gasteiger partial charge is 0.490 e. The lowest BCUT2D eigenvalue weighted by Gasteiger charge is -2.13. The molecule has 0 bridgehead atoms. The number of nitrogens with two attached hydrogens (primary N) is 1. The molecule has 114 valence electrons. The molecule has 1 aromatic carbocycles. The van der Waals surface area contributed by atoms with Gasteiger partial charge >= 0.3 is 0 Å². The maximum absolute atomic E-state index is 6.11.